The van der Waals surface area contributed by atoms with Gasteiger partial charge in [0.15, 0.2) is 0 Å². The number of carbonyl (C=O) groups excluding carboxylic acids is 1. The summed E-state index contributed by atoms with van der Waals surface area (Å²) < 4.78 is 1.74. The molecule has 8 heteroatoms. The van der Waals surface area contributed by atoms with Crippen molar-refractivity contribution in [1.29, 1.82) is 0 Å². The highest BCUT2D eigenvalue weighted by atomic mass is 16.1. The maximum Gasteiger partial charge on any atom is 0.251 e. The molecule has 1 amide bonds. The Labute approximate surface area is 192 Å². The van der Waals surface area contributed by atoms with E-state index in [9.17, 15) is 4.79 Å². The summed E-state index contributed by atoms with van der Waals surface area (Å²) in [5.41, 5.74) is 3.82. The van der Waals surface area contributed by atoms with E-state index in [2.05, 4.69) is 37.4 Å². The molecule has 0 bridgehead atoms. The largest absolute Gasteiger partial charge is 0.363 e. The Balaban J connectivity index is 1.54. The van der Waals surface area contributed by atoms with Gasteiger partial charge in [-0.1, -0.05) is 12.0 Å². The number of H-pyrrole nitrogens is 1. The van der Waals surface area contributed by atoms with E-state index in [4.69, 9.17) is 0 Å². The maximum absolute atomic E-state index is 12.7. The van der Waals surface area contributed by atoms with Gasteiger partial charge in [0.25, 0.3) is 5.91 Å². The molecule has 0 saturated heterocycles. The van der Waals surface area contributed by atoms with Crippen molar-refractivity contribution >= 4 is 11.7 Å². The molecule has 8 nitrogen and oxygen atoms in total. The van der Waals surface area contributed by atoms with Crippen molar-refractivity contribution in [2.75, 3.05) is 25.5 Å². The van der Waals surface area contributed by atoms with Crippen LogP contribution in [-0.4, -0.2) is 51.5 Å². The third-order valence-corrected chi connectivity index (χ3v) is 5.01. The predicted molar refractivity (Wildman–Crippen MR) is 127 cm³/mol. The fourth-order valence-corrected chi connectivity index (χ4v) is 3.27. The Morgan fingerprint density at radius 2 is 2.09 bits per heavy atom. The number of aromatic amines is 1. The van der Waals surface area contributed by atoms with Crippen LogP contribution in [0.2, 0.25) is 0 Å². The summed E-state index contributed by atoms with van der Waals surface area (Å²) in [7, 11) is 3.87. The number of anilines is 1. The van der Waals surface area contributed by atoms with Crippen molar-refractivity contribution in [3.05, 3.63) is 89.6 Å². The van der Waals surface area contributed by atoms with E-state index in [-0.39, 0.29) is 5.91 Å². The first-order valence-corrected chi connectivity index (χ1v) is 10.7. The molecule has 0 spiro atoms. The number of hydrogen-bond acceptors (Lipinski definition) is 5. The second kappa shape index (κ2) is 10.3. The third kappa shape index (κ3) is 5.66. The average molecular weight is 440 g/mol. The van der Waals surface area contributed by atoms with Gasteiger partial charge >= 0.3 is 0 Å². The zero-order chi connectivity index (χ0) is 23.0. The number of aromatic nitrogens is 5. The molecule has 0 atom stereocenters. The van der Waals surface area contributed by atoms with Gasteiger partial charge in [-0.05, 0) is 60.7 Å². The molecule has 0 unspecified atom stereocenters. The maximum atomic E-state index is 12.7. The molecule has 33 heavy (non-hydrogen) atoms. The normalized spacial score (nSPS) is 10.4. The standard InChI is InChI=1S/C25H25N7O/c1-31(2)24-8-3-7-22(30-24)11-9-20-16-21(10-12-23(20)32-15-5-14-29-32)25(33)26-13-4-6-19-17-27-28-18-19/h3,5,7-8,10,12,14-18H,4,6,13H2,1-2H3,(H,26,33)(H,27,28). The Morgan fingerprint density at radius 1 is 1.18 bits per heavy atom. The SMILES string of the molecule is CN(C)c1cccc(C#Cc2cc(C(=O)NCCCc3cn[nH]c3)ccc2-n2cccn2)n1. The molecule has 0 aliphatic heterocycles. The summed E-state index contributed by atoms with van der Waals surface area (Å²) in [5.74, 6) is 7.00. The van der Waals surface area contributed by atoms with Crippen LogP contribution in [-0.2, 0) is 6.42 Å². The van der Waals surface area contributed by atoms with Gasteiger partial charge in [0.1, 0.15) is 11.5 Å². The molecule has 0 aliphatic carbocycles. The minimum atomic E-state index is -0.134. The van der Waals surface area contributed by atoms with Crippen molar-refractivity contribution < 1.29 is 4.79 Å². The number of amides is 1. The molecule has 1 aromatic carbocycles. The number of pyridine rings is 1. The van der Waals surface area contributed by atoms with E-state index in [0.717, 1.165) is 29.9 Å². The highest BCUT2D eigenvalue weighted by Gasteiger charge is 2.10. The topological polar surface area (TPSA) is 91.7 Å². The first kappa shape index (κ1) is 21.8. The number of carbonyl (C=O) groups is 1. The van der Waals surface area contributed by atoms with E-state index in [1.165, 1.54) is 0 Å². The summed E-state index contributed by atoms with van der Waals surface area (Å²) in [5, 5.41) is 14.0. The molecular weight excluding hydrogens is 414 g/mol. The number of nitrogens with zero attached hydrogens (tertiary/aromatic N) is 5. The fraction of sp³-hybridized carbons (Fsp3) is 0.200. The molecule has 4 aromatic rings. The highest BCUT2D eigenvalue weighted by Crippen LogP contribution is 2.16. The quantitative estimate of drug-likeness (QED) is 0.341. The lowest BCUT2D eigenvalue weighted by atomic mass is 10.1. The minimum Gasteiger partial charge on any atom is -0.363 e. The zero-order valence-electron chi connectivity index (χ0n) is 18.6. The predicted octanol–water partition coefficient (Wildman–Crippen LogP) is 2.82. The lowest BCUT2D eigenvalue weighted by Gasteiger charge is -2.10. The lowest BCUT2D eigenvalue weighted by Crippen LogP contribution is -2.25. The van der Waals surface area contributed by atoms with Crippen molar-refractivity contribution in [2.45, 2.75) is 12.8 Å². The van der Waals surface area contributed by atoms with Crippen LogP contribution in [0.1, 0.15) is 33.6 Å². The average Bonchev–Trinajstić information content (AvgIpc) is 3.55. The molecule has 0 aliphatic rings. The van der Waals surface area contributed by atoms with E-state index in [1.807, 2.05) is 61.7 Å². The minimum absolute atomic E-state index is 0.134. The third-order valence-electron chi connectivity index (χ3n) is 5.01. The van der Waals surface area contributed by atoms with Crippen molar-refractivity contribution in [1.82, 2.24) is 30.3 Å². The zero-order valence-corrected chi connectivity index (χ0v) is 18.6. The van der Waals surface area contributed by atoms with Crippen LogP contribution in [0.25, 0.3) is 5.69 Å². The van der Waals surface area contributed by atoms with Crippen LogP contribution >= 0.6 is 0 Å². The molecule has 0 saturated carbocycles. The molecule has 2 N–H and O–H groups in total. The molecule has 3 heterocycles. The summed E-state index contributed by atoms with van der Waals surface area (Å²) >= 11 is 0. The van der Waals surface area contributed by atoms with Gasteiger partial charge in [-0.15, -0.1) is 0 Å². The van der Waals surface area contributed by atoms with Gasteiger partial charge in [-0.25, -0.2) is 9.67 Å². The van der Waals surface area contributed by atoms with E-state index >= 15 is 0 Å². The van der Waals surface area contributed by atoms with Gasteiger partial charge < -0.3 is 10.2 Å². The lowest BCUT2D eigenvalue weighted by molar-refractivity contribution is 0.0953. The number of benzene rings is 1. The number of hydrogen-bond donors (Lipinski definition) is 2. The van der Waals surface area contributed by atoms with E-state index < -0.39 is 0 Å². The number of nitrogens with one attached hydrogen (secondary N) is 2. The smallest absolute Gasteiger partial charge is 0.251 e. The molecular formula is C25H25N7O. The molecule has 0 fully saturated rings. The van der Waals surface area contributed by atoms with Crippen molar-refractivity contribution in [3.63, 3.8) is 0 Å². The van der Waals surface area contributed by atoms with Gasteiger partial charge in [0.05, 0.1) is 17.4 Å². The first-order valence-electron chi connectivity index (χ1n) is 10.7. The second-order valence-corrected chi connectivity index (χ2v) is 7.67. The van der Waals surface area contributed by atoms with Crippen molar-refractivity contribution in [3.8, 4) is 17.5 Å². The fourth-order valence-electron chi connectivity index (χ4n) is 3.27. The highest BCUT2D eigenvalue weighted by molar-refractivity contribution is 5.95. The van der Waals surface area contributed by atoms with E-state index in [1.54, 1.807) is 29.2 Å². The Bertz CT molecular complexity index is 1270. The Hall–Kier alpha value is -4.38. The monoisotopic (exact) mass is 439 g/mol. The summed E-state index contributed by atoms with van der Waals surface area (Å²) in [6.45, 7) is 0.577. The molecule has 4 rings (SSSR count). The van der Waals surface area contributed by atoms with Crippen LogP contribution in [0.5, 0.6) is 0 Å². The Kier molecular flexibility index (Phi) is 6.81. The summed E-state index contributed by atoms with van der Waals surface area (Å²) in [6.07, 6.45) is 8.90. The van der Waals surface area contributed by atoms with Gasteiger partial charge in [0, 0.05) is 44.8 Å². The summed E-state index contributed by atoms with van der Waals surface area (Å²) in [6, 6.07) is 13.0. The number of aryl methyl sites for hydroxylation is 1. The van der Waals surface area contributed by atoms with Crippen LogP contribution < -0.4 is 10.2 Å². The van der Waals surface area contributed by atoms with Crippen LogP contribution in [0.4, 0.5) is 5.82 Å². The molecule has 166 valence electrons. The van der Waals surface area contributed by atoms with Gasteiger partial charge in [-0.3, -0.25) is 9.89 Å². The van der Waals surface area contributed by atoms with E-state index in [0.29, 0.717) is 23.4 Å². The molecule has 3 aromatic heterocycles. The Morgan fingerprint density at radius 3 is 2.85 bits per heavy atom. The van der Waals surface area contributed by atoms with Crippen molar-refractivity contribution in [2.24, 2.45) is 0 Å². The first-order chi connectivity index (χ1) is 16.1. The summed E-state index contributed by atoms with van der Waals surface area (Å²) in [4.78, 5) is 19.2. The van der Waals surface area contributed by atoms with Crippen LogP contribution in [0.15, 0.2) is 67.3 Å². The van der Waals surface area contributed by atoms with Gasteiger partial charge in [-0.2, -0.15) is 10.2 Å². The number of rotatable bonds is 7. The van der Waals surface area contributed by atoms with Crippen LogP contribution in [0.3, 0.4) is 0 Å². The van der Waals surface area contributed by atoms with Crippen LogP contribution in [0, 0.1) is 11.8 Å². The molecule has 0 radical (unpaired) electrons. The van der Waals surface area contributed by atoms with Gasteiger partial charge in [0.2, 0.25) is 0 Å². The second-order valence-electron chi connectivity index (χ2n) is 7.67.